The lowest BCUT2D eigenvalue weighted by Gasteiger charge is -2.17. The Morgan fingerprint density at radius 3 is 2.53 bits per heavy atom. The monoisotopic (exact) mass is 262 g/mol. The van der Waals surface area contributed by atoms with Gasteiger partial charge in [0.2, 0.25) is 0 Å². The summed E-state index contributed by atoms with van der Waals surface area (Å²) in [4.78, 5) is 6.76. The largest absolute Gasteiger partial charge is 0.380 e. The van der Waals surface area contributed by atoms with Gasteiger partial charge in [-0.3, -0.25) is 4.99 Å². The number of nitrogens with zero attached hydrogens (tertiary/aromatic N) is 2. The Morgan fingerprint density at radius 1 is 1.11 bits per heavy atom. The molecule has 1 rings (SSSR count). The summed E-state index contributed by atoms with van der Waals surface area (Å²) in [5.41, 5.74) is 1.16. The van der Waals surface area contributed by atoms with E-state index in [0.29, 0.717) is 0 Å². The van der Waals surface area contributed by atoms with Crippen molar-refractivity contribution in [2.75, 3.05) is 39.4 Å². The minimum absolute atomic E-state index is 0.799. The van der Waals surface area contributed by atoms with Crippen LogP contribution < -0.4 is 0 Å². The van der Waals surface area contributed by atoms with Crippen LogP contribution in [0.25, 0.3) is 0 Å². The first kappa shape index (κ1) is 15.9. The predicted molar refractivity (Wildman–Crippen MR) is 82.1 cm³/mol. The van der Waals surface area contributed by atoms with E-state index in [1.807, 2.05) is 24.4 Å². The highest BCUT2D eigenvalue weighted by molar-refractivity contribution is 5.79. The molecule has 1 aromatic rings. The molecule has 0 N–H and O–H groups in total. The molecular formula is C16H26N2O. The standard InChI is InChI=1S/C16H26N2O/c1-3-18(4-2)12-14-19-13-8-11-17-15-16-9-6-5-7-10-16/h5-7,9-10,15H,3-4,8,11-14H2,1-2H3. The second-order valence-corrected chi connectivity index (χ2v) is 4.44. The van der Waals surface area contributed by atoms with Gasteiger partial charge in [0, 0.05) is 25.9 Å². The maximum absolute atomic E-state index is 5.60. The number of likely N-dealkylation sites (N-methyl/N-ethyl adjacent to an activating group) is 1. The first-order valence-corrected chi connectivity index (χ1v) is 7.21. The van der Waals surface area contributed by atoms with E-state index in [9.17, 15) is 0 Å². The number of rotatable bonds is 10. The maximum atomic E-state index is 5.60. The predicted octanol–water partition coefficient (Wildman–Crippen LogP) is 2.85. The molecule has 0 radical (unpaired) electrons. The van der Waals surface area contributed by atoms with Crippen molar-refractivity contribution in [2.45, 2.75) is 20.3 Å². The fourth-order valence-corrected chi connectivity index (χ4v) is 1.80. The summed E-state index contributed by atoms with van der Waals surface area (Å²) in [6.07, 6.45) is 2.91. The van der Waals surface area contributed by atoms with Crippen molar-refractivity contribution in [2.24, 2.45) is 4.99 Å². The first-order chi connectivity index (χ1) is 9.36. The summed E-state index contributed by atoms with van der Waals surface area (Å²) in [6, 6.07) is 10.2. The molecule has 19 heavy (non-hydrogen) atoms. The van der Waals surface area contributed by atoms with Crippen molar-refractivity contribution in [3.8, 4) is 0 Å². The van der Waals surface area contributed by atoms with Gasteiger partial charge in [-0.25, -0.2) is 0 Å². The van der Waals surface area contributed by atoms with E-state index in [4.69, 9.17) is 4.74 Å². The molecule has 0 aliphatic carbocycles. The Labute approximate surface area is 117 Å². The molecule has 0 bridgehead atoms. The van der Waals surface area contributed by atoms with Crippen LogP contribution >= 0.6 is 0 Å². The zero-order valence-electron chi connectivity index (χ0n) is 12.2. The lowest BCUT2D eigenvalue weighted by atomic mass is 10.2. The third kappa shape index (κ3) is 7.75. The molecule has 0 aromatic heterocycles. The molecule has 3 nitrogen and oxygen atoms in total. The Hall–Kier alpha value is -1.19. The number of ether oxygens (including phenoxy) is 1. The average molecular weight is 262 g/mol. The Balaban J connectivity index is 1.98. The van der Waals surface area contributed by atoms with Gasteiger partial charge in [0.15, 0.2) is 0 Å². The SMILES string of the molecule is CCN(CC)CCOCCCN=Cc1ccccc1. The second-order valence-electron chi connectivity index (χ2n) is 4.44. The molecule has 0 saturated heterocycles. The van der Waals surface area contributed by atoms with Crippen molar-refractivity contribution >= 4 is 6.21 Å². The Kier molecular flexibility index (Phi) is 8.94. The molecule has 0 spiro atoms. The van der Waals surface area contributed by atoms with Gasteiger partial charge in [-0.15, -0.1) is 0 Å². The molecule has 106 valence electrons. The van der Waals surface area contributed by atoms with Gasteiger partial charge < -0.3 is 9.64 Å². The summed E-state index contributed by atoms with van der Waals surface area (Å²) in [5.74, 6) is 0. The van der Waals surface area contributed by atoms with Gasteiger partial charge in [0.25, 0.3) is 0 Å². The highest BCUT2D eigenvalue weighted by Gasteiger charge is 1.97. The molecule has 0 aliphatic rings. The Morgan fingerprint density at radius 2 is 1.84 bits per heavy atom. The average Bonchev–Trinajstić information content (AvgIpc) is 2.47. The van der Waals surface area contributed by atoms with Crippen LogP contribution in [0.4, 0.5) is 0 Å². The van der Waals surface area contributed by atoms with Gasteiger partial charge in [-0.2, -0.15) is 0 Å². The number of aliphatic imine (C=N–C) groups is 1. The summed E-state index contributed by atoms with van der Waals surface area (Å²) in [5, 5.41) is 0. The highest BCUT2D eigenvalue weighted by atomic mass is 16.5. The van der Waals surface area contributed by atoms with Crippen molar-refractivity contribution in [3.05, 3.63) is 35.9 Å². The van der Waals surface area contributed by atoms with Crippen molar-refractivity contribution < 1.29 is 4.74 Å². The van der Waals surface area contributed by atoms with Crippen LogP contribution in [0.3, 0.4) is 0 Å². The lowest BCUT2D eigenvalue weighted by Crippen LogP contribution is -2.27. The van der Waals surface area contributed by atoms with Crippen molar-refractivity contribution in [1.82, 2.24) is 4.90 Å². The maximum Gasteiger partial charge on any atom is 0.0593 e. The summed E-state index contributed by atoms with van der Waals surface area (Å²) >= 11 is 0. The second kappa shape index (κ2) is 10.7. The fourth-order valence-electron chi connectivity index (χ4n) is 1.80. The van der Waals surface area contributed by atoms with E-state index in [2.05, 4.69) is 35.9 Å². The van der Waals surface area contributed by atoms with Crippen LogP contribution in [0.15, 0.2) is 35.3 Å². The topological polar surface area (TPSA) is 24.8 Å². The fraction of sp³-hybridized carbons (Fsp3) is 0.562. The molecule has 3 heteroatoms. The van der Waals surface area contributed by atoms with E-state index >= 15 is 0 Å². The van der Waals surface area contributed by atoms with E-state index in [1.165, 1.54) is 0 Å². The van der Waals surface area contributed by atoms with Crippen LogP contribution in [0.1, 0.15) is 25.8 Å². The minimum Gasteiger partial charge on any atom is -0.380 e. The van der Waals surface area contributed by atoms with Gasteiger partial charge in [-0.1, -0.05) is 44.2 Å². The van der Waals surface area contributed by atoms with Gasteiger partial charge in [0.1, 0.15) is 0 Å². The summed E-state index contributed by atoms with van der Waals surface area (Å²) in [7, 11) is 0. The smallest absolute Gasteiger partial charge is 0.0593 e. The molecule has 1 aromatic carbocycles. The summed E-state index contributed by atoms with van der Waals surface area (Å²) in [6.45, 7) is 10.0. The third-order valence-corrected chi connectivity index (χ3v) is 3.06. The zero-order chi connectivity index (χ0) is 13.8. The van der Waals surface area contributed by atoms with Crippen LogP contribution in [0, 0.1) is 0 Å². The normalized spacial score (nSPS) is 11.5. The van der Waals surface area contributed by atoms with Crippen LogP contribution in [0.5, 0.6) is 0 Å². The highest BCUT2D eigenvalue weighted by Crippen LogP contribution is 1.94. The number of hydrogen-bond acceptors (Lipinski definition) is 3. The van der Waals surface area contributed by atoms with Gasteiger partial charge >= 0.3 is 0 Å². The number of hydrogen-bond donors (Lipinski definition) is 0. The third-order valence-electron chi connectivity index (χ3n) is 3.06. The quantitative estimate of drug-likeness (QED) is 0.478. The van der Waals surface area contributed by atoms with E-state index in [1.54, 1.807) is 0 Å². The van der Waals surface area contributed by atoms with E-state index < -0.39 is 0 Å². The van der Waals surface area contributed by atoms with Gasteiger partial charge in [-0.05, 0) is 25.1 Å². The van der Waals surface area contributed by atoms with Crippen molar-refractivity contribution in [1.29, 1.82) is 0 Å². The van der Waals surface area contributed by atoms with Gasteiger partial charge in [0.05, 0.1) is 6.61 Å². The summed E-state index contributed by atoms with van der Waals surface area (Å²) < 4.78 is 5.60. The minimum atomic E-state index is 0.799. The molecule has 0 saturated carbocycles. The van der Waals surface area contributed by atoms with Crippen LogP contribution in [-0.2, 0) is 4.74 Å². The zero-order valence-corrected chi connectivity index (χ0v) is 12.2. The Bertz CT molecular complexity index is 334. The molecule has 0 aliphatic heterocycles. The van der Waals surface area contributed by atoms with Crippen molar-refractivity contribution in [3.63, 3.8) is 0 Å². The molecule has 0 amide bonds. The van der Waals surface area contributed by atoms with E-state index in [-0.39, 0.29) is 0 Å². The molecule has 0 fully saturated rings. The molecule has 0 unspecified atom stereocenters. The van der Waals surface area contributed by atoms with Crippen LogP contribution in [0.2, 0.25) is 0 Å². The molecule has 0 atom stereocenters. The number of benzene rings is 1. The molecular weight excluding hydrogens is 236 g/mol. The molecule has 0 heterocycles. The first-order valence-electron chi connectivity index (χ1n) is 7.21. The lowest BCUT2D eigenvalue weighted by molar-refractivity contribution is 0.106. The van der Waals surface area contributed by atoms with Crippen LogP contribution in [-0.4, -0.2) is 50.5 Å². The van der Waals surface area contributed by atoms with E-state index in [0.717, 1.165) is 51.4 Å².